The van der Waals surface area contributed by atoms with E-state index in [0.29, 0.717) is 26.6 Å². The number of amides is 1. The first kappa shape index (κ1) is 16.1. The van der Waals surface area contributed by atoms with Crippen LogP contribution in [0.4, 0.5) is 0 Å². The van der Waals surface area contributed by atoms with Crippen LogP contribution in [-0.4, -0.2) is 10.2 Å². The first-order valence-electron chi connectivity index (χ1n) is 6.83. The number of rotatable bonds is 4. The highest BCUT2D eigenvalue weighted by Gasteiger charge is 2.22. The van der Waals surface area contributed by atoms with Crippen molar-refractivity contribution in [2.45, 2.75) is 6.61 Å². The van der Waals surface area contributed by atoms with Crippen molar-refractivity contribution in [2.75, 3.05) is 0 Å². The zero-order valence-corrected chi connectivity index (χ0v) is 14.3. The van der Waals surface area contributed by atoms with E-state index in [-0.39, 0.29) is 5.91 Å². The minimum Gasteiger partial charge on any atom is -0.488 e. The number of para-hydroxylation sites is 1. The summed E-state index contributed by atoms with van der Waals surface area (Å²) < 4.78 is 6.35. The Bertz CT molecular complexity index is 787. The highest BCUT2D eigenvalue weighted by molar-refractivity contribution is 8.26. The summed E-state index contributed by atoms with van der Waals surface area (Å²) in [4.78, 5) is 12.3. The predicted octanol–water partition coefficient (Wildman–Crippen LogP) is 4.41. The quantitative estimate of drug-likeness (QED) is 0.646. The lowest BCUT2D eigenvalue weighted by molar-refractivity contribution is -0.115. The maximum Gasteiger partial charge on any atom is 0.263 e. The standard InChI is InChI=1S/C17H12ClNO2S2/c18-13-7-5-11(6-8-13)10-21-14-4-2-1-3-12(14)9-15-16(20)19-17(22)23-15/h1-9H,10H2,(H,19,20,22)/b15-9-. The topological polar surface area (TPSA) is 38.3 Å². The van der Waals surface area contributed by atoms with E-state index in [4.69, 9.17) is 28.6 Å². The third-order valence-electron chi connectivity index (χ3n) is 3.16. The molecular weight excluding hydrogens is 350 g/mol. The summed E-state index contributed by atoms with van der Waals surface area (Å²) >= 11 is 12.1. The van der Waals surface area contributed by atoms with Crippen LogP contribution in [-0.2, 0) is 11.4 Å². The molecule has 1 N–H and O–H groups in total. The van der Waals surface area contributed by atoms with Gasteiger partial charge in [-0.15, -0.1) is 0 Å². The van der Waals surface area contributed by atoms with Gasteiger partial charge in [-0.1, -0.05) is 65.9 Å². The molecule has 116 valence electrons. The van der Waals surface area contributed by atoms with Crippen molar-refractivity contribution >= 4 is 51.9 Å². The zero-order chi connectivity index (χ0) is 16.2. The highest BCUT2D eigenvalue weighted by Crippen LogP contribution is 2.29. The van der Waals surface area contributed by atoms with Crippen molar-refractivity contribution in [2.24, 2.45) is 0 Å². The van der Waals surface area contributed by atoms with Gasteiger partial charge in [0.05, 0.1) is 4.91 Å². The van der Waals surface area contributed by atoms with Crippen molar-refractivity contribution in [3.8, 4) is 5.75 Å². The Balaban J connectivity index is 1.78. The lowest BCUT2D eigenvalue weighted by Gasteiger charge is -2.09. The third-order valence-corrected chi connectivity index (χ3v) is 4.57. The summed E-state index contributed by atoms with van der Waals surface area (Å²) in [6.45, 7) is 0.426. The van der Waals surface area contributed by atoms with Crippen LogP contribution in [0.25, 0.3) is 6.08 Å². The average Bonchev–Trinajstić information content (AvgIpc) is 2.86. The van der Waals surface area contributed by atoms with Crippen molar-refractivity contribution in [3.63, 3.8) is 0 Å². The molecule has 0 aliphatic carbocycles. The number of carbonyl (C=O) groups is 1. The largest absolute Gasteiger partial charge is 0.488 e. The van der Waals surface area contributed by atoms with Gasteiger partial charge in [-0.2, -0.15) is 0 Å². The number of hydrogen-bond acceptors (Lipinski definition) is 4. The van der Waals surface area contributed by atoms with Crippen LogP contribution in [0, 0.1) is 0 Å². The summed E-state index contributed by atoms with van der Waals surface area (Å²) in [7, 11) is 0. The molecule has 1 saturated heterocycles. The fraction of sp³-hybridized carbons (Fsp3) is 0.0588. The second-order valence-corrected chi connectivity index (χ2v) is 6.96. The highest BCUT2D eigenvalue weighted by atomic mass is 35.5. The Morgan fingerprint density at radius 3 is 2.61 bits per heavy atom. The molecule has 0 radical (unpaired) electrons. The first-order chi connectivity index (χ1) is 11.1. The summed E-state index contributed by atoms with van der Waals surface area (Å²) in [5.74, 6) is 0.536. The molecule has 1 fully saturated rings. The molecule has 23 heavy (non-hydrogen) atoms. The van der Waals surface area contributed by atoms with Gasteiger partial charge in [0, 0.05) is 10.6 Å². The number of thioether (sulfide) groups is 1. The molecule has 2 aromatic carbocycles. The number of carbonyl (C=O) groups excluding carboxylic acids is 1. The van der Waals surface area contributed by atoms with Crippen molar-refractivity contribution in [1.82, 2.24) is 5.32 Å². The zero-order valence-electron chi connectivity index (χ0n) is 11.9. The molecule has 0 unspecified atom stereocenters. The Morgan fingerprint density at radius 1 is 1.17 bits per heavy atom. The van der Waals surface area contributed by atoms with E-state index in [0.717, 1.165) is 11.1 Å². The maximum atomic E-state index is 11.8. The van der Waals surface area contributed by atoms with Crippen LogP contribution in [0.2, 0.25) is 5.02 Å². The molecule has 2 aromatic rings. The second-order valence-electron chi connectivity index (χ2n) is 4.81. The molecule has 0 atom stereocenters. The fourth-order valence-corrected chi connectivity index (χ4v) is 3.20. The van der Waals surface area contributed by atoms with E-state index >= 15 is 0 Å². The van der Waals surface area contributed by atoms with Crippen LogP contribution < -0.4 is 10.1 Å². The van der Waals surface area contributed by atoms with Gasteiger partial charge in [0.2, 0.25) is 0 Å². The van der Waals surface area contributed by atoms with Crippen LogP contribution in [0.5, 0.6) is 5.75 Å². The molecule has 1 aliphatic heterocycles. The van der Waals surface area contributed by atoms with Gasteiger partial charge in [0.25, 0.3) is 5.91 Å². The molecule has 1 heterocycles. The normalized spacial score (nSPS) is 15.8. The van der Waals surface area contributed by atoms with E-state index in [1.165, 1.54) is 11.8 Å². The molecule has 0 bridgehead atoms. The van der Waals surface area contributed by atoms with Gasteiger partial charge in [-0.3, -0.25) is 4.79 Å². The molecule has 1 aliphatic rings. The molecule has 3 rings (SSSR count). The Labute approximate surface area is 148 Å². The fourth-order valence-electron chi connectivity index (χ4n) is 2.04. The van der Waals surface area contributed by atoms with Crippen molar-refractivity contribution < 1.29 is 9.53 Å². The molecule has 3 nitrogen and oxygen atoms in total. The molecule has 1 amide bonds. The minimum absolute atomic E-state index is 0.174. The number of benzene rings is 2. The van der Waals surface area contributed by atoms with Gasteiger partial charge in [-0.05, 0) is 29.8 Å². The monoisotopic (exact) mass is 361 g/mol. The van der Waals surface area contributed by atoms with Crippen molar-refractivity contribution in [1.29, 1.82) is 0 Å². The third kappa shape index (κ3) is 4.13. The summed E-state index contributed by atoms with van der Waals surface area (Å²) in [5, 5.41) is 3.30. The maximum absolute atomic E-state index is 11.8. The Morgan fingerprint density at radius 2 is 1.91 bits per heavy atom. The number of halogens is 1. The molecule has 0 aromatic heterocycles. The first-order valence-corrected chi connectivity index (χ1v) is 8.43. The average molecular weight is 362 g/mol. The number of nitrogens with one attached hydrogen (secondary N) is 1. The summed E-state index contributed by atoms with van der Waals surface area (Å²) in [6.07, 6.45) is 1.79. The Kier molecular flexibility index (Phi) is 5.00. The van der Waals surface area contributed by atoms with E-state index in [1.54, 1.807) is 6.08 Å². The lowest BCUT2D eigenvalue weighted by Crippen LogP contribution is -2.17. The van der Waals surface area contributed by atoms with E-state index < -0.39 is 0 Å². The Hall–Kier alpha value is -1.82. The van der Waals surface area contributed by atoms with Crippen LogP contribution in [0.3, 0.4) is 0 Å². The van der Waals surface area contributed by atoms with Gasteiger partial charge < -0.3 is 10.1 Å². The summed E-state index contributed by atoms with van der Waals surface area (Å²) in [6, 6.07) is 15.1. The molecule has 0 saturated carbocycles. The van der Waals surface area contributed by atoms with Gasteiger partial charge in [-0.25, -0.2) is 0 Å². The molecule has 0 spiro atoms. The van der Waals surface area contributed by atoms with E-state index in [9.17, 15) is 4.79 Å². The van der Waals surface area contributed by atoms with E-state index in [1.807, 2.05) is 48.5 Å². The molecule has 6 heteroatoms. The predicted molar refractivity (Wildman–Crippen MR) is 98.5 cm³/mol. The van der Waals surface area contributed by atoms with Crippen molar-refractivity contribution in [3.05, 3.63) is 69.6 Å². The second kappa shape index (κ2) is 7.17. The minimum atomic E-state index is -0.174. The van der Waals surface area contributed by atoms with Crippen LogP contribution in [0.15, 0.2) is 53.4 Å². The van der Waals surface area contributed by atoms with Gasteiger partial charge in [0.15, 0.2) is 0 Å². The molecular formula is C17H12ClNO2S2. The SMILES string of the molecule is O=C1NC(=S)S/C1=C\c1ccccc1OCc1ccc(Cl)cc1. The number of ether oxygens (including phenoxy) is 1. The van der Waals surface area contributed by atoms with Crippen LogP contribution in [0.1, 0.15) is 11.1 Å². The lowest BCUT2D eigenvalue weighted by atomic mass is 10.2. The number of hydrogen-bond donors (Lipinski definition) is 1. The van der Waals surface area contributed by atoms with Gasteiger partial charge >= 0.3 is 0 Å². The summed E-state index contributed by atoms with van der Waals surface area (Å²) in [5.41, 5.74) is 1.86. The van der Waals surface area contributed by atoms with E-state index in [2.05, 4.69) is 5.32 Å². The number of thiocarbonyl (C=S) groups is 1. The van der Waals surface area contributed by atoms with Gasteiger partial charge in [0.1, 0.15) is 16.7 Å². The van der Waals surface area contributed by atoms with Crippen LogP contribution >= 0.6 is 35.6 Å². The smallest absolute Gasteiger partial charge is 0.263 e.